The maximum Gasteiger partial charge on any atom is 0.320 e. The zero-order valence-corrected chi connectivity index (χ0v) is 6.40. The van der Waals surface area contributed by atoms with E-state index in [0.29, 0.717) is 4.90 Å². The van der Waals surface area contributed by atoms with Crippen LogP contribution >= 0.6 is 11.6 Å². The molecule has 0 saturated carbocycles. The van der Waals surface area contributed by atoms with Gasteiger partial charge in [-0.05, 0) is 25.4 Å². The van der Waals surface area contributed by atoms with Crippen LogP contribution in [0.4, 0.5) is 13.6 Å². The minimum absolute atomic E-state index is 0.293. The molecule has 0 spiro atoms. The Kier molecular flexibility index (Phi) is 3.57. The second-order valence-electron chi connectivity index (χ2n) is 1.81. The van der Waals surface area contributed by atoms with Crippen LogP contribution in [0.5, 0.6) is 0 Å². The summed E-state index contributed by atoms with van der Waals surface area (Å²) in [5, 5.41) is -1.12. The van der Waals surface area contributed by atoms with E-state index >= 15 is 0 Å². The summed E-state index contributed by atoms with van der Waals surface area (Å²) in [7, 11) is 0. The molecule has 1 amide bonds. The lowest BCUT2D eigenvalue weighted by Gasteiger charge is -2.21. The number of carbonyl (C=O) groups is 1. The van der Waals surface area contributed by atoms with Gasteiger partial charge in [0.1, 0.15) is 0 Å². The molecular formula is C5H8ClF2NO. The summed E-state index contributed by atoms with van der Waals surface area (Å²) in [6, 6.07) is 0. The highest BCUT2D eigenvalue weighted by Crippen LogP contribution is 2.10. The van der Waals surface area contributed by atoms with E-state index in [1.165, 1.54) is 0 Å². The average molecular weight is 172 g/mol. The molecule has 0 bridgehead atoms. The number of rotatable bonds is 2. The van der Waals surface area contributed by atoms with E-state index in [-0.39, 0.29) is 0 Å². The van der Waals surface area contributed by atoms with Gasteiger partial charge in [0, 0.05) is 0 Å². The second-order valence-corrected chi connectivity index (χ2v) is 2.13. The average Bonchev–Trinajstić information content (AvgIpc) is 1.59. The highest BCUT2D eigenvalue weighted by atomic mass is 35.5. The molecule has 0 saturated heterocycles. The smallest absolute Gasteiger partial charge is 0.268 e. The summed E-state index contributed by atoms with van der Waals surface area (Å²) in [6.07, 6.45) is -3.38. The van der Waals surface area contributed by atoms with Gasteiger partial charge in [0.25, 0.3) is 0 Å². The van der Waals surface area contributed by atoms with Crippen LogP contribution in [0.25, 0.3) is 0 Å². The fraction of sp³-hybridized carbons (Fsp3) is 0.800. The fourth-order valence-corrected chi connectivity index (χ4v) is 0.832. The number of halogens is 3. The number of hydrogen-bond acceptors (Lipinski definition) is 1. The van der Waals surface area contributed by atoms with Crippen molar-refractivity contribution in [3.8, 4) is 0 Å². The Morgan fingerprint density at radius 3 is 1.70 bits per heavy atom. The second kappa shape index (κ2) is 3.71. The molecule has 0 aliphatic heterocycles. The minimum atomic E-state index is -1.69. The molecule has 0 rings (SSSR count). The molecule has 0 radical (unpaired) electrons. The van der Waals surface area contributed by atoms with Crippen LogP contribution in [0.2, 0.25) is 0 Å². The van der Waals surface area contributed by atoms with Crippen molar-refractivity contribution in [1.82, 2.24) is 4.90 Å². The van der Waals surface area contributed by atoms with Crippen LogP contribution in [0.3, 0.4) is 0 Å². The van der Waals surface area contributed by atoms with Crippen LogP contribution in [-0.2, 0) is 0 Å². The number of nitrogens with zero attached hydrogens (tertiary/aromatic N) is 1. The van der Waals surface area contributed by atoms with E-state index in [0.717, 1.165) is 13.8 Å². The van der Waals surface area contributed by atoms with E-state index in [4.69, 9.17) is 11.6 Å². The molecule has 0 aliphatic carbocycles. The van der Waals surface area contributed by atoms with Gasteiger partial charge >= 0.3 is 5.37 Å². The van der Waals surface area contributed by atoms with Crippen molar-refractivity contribution in [1.29, 1.82) is 0 Å². The zero-order valence-electron chi connectivity index (χ0n) is 5.64. The quantitative estimate of drug-likeness (QED) is 0.461. The highest BCUT2D eigenvalue weighted by molar-refractivity contribution is 6.62. The monoisotopic (exact) mass is 171 g/mol. The van der Waals surface area contributed by atoms with E-state index < -0.39 is 18.0 Å². The number of amides is 1. The third-order valence-corrected chi connectivity index (χ3v) is 1.16. The van der Waals surface area contributed by atoms with Crippen LogP contribution in [0.15, 0.2) is 0 Å². The summed E-state index contributed by atoms with van der Waals surface area (Å²) in [4.78, 5) is 10.5. The normalized spacial score (nSPS) is 16.1. The Morgan fingerprint density at radius 2 is 1.70 bits per heavy atom. The van der Waals surface area contributed by atoms with Crippen LogP contribution < -0.4 is 0 Å². The summed E-state index contributed by atoms with van der Waals surface area (Å²) in [6.45, 7) is 2.08. The van der Waals surface area contributed by atoms with Crippen molar-refractivity contribution in [3.05, 3.63) is 0 Å². The van der Waals surface area contributed by atoms with Crippen molar-refractivity contribution >= 4 is 17.0 Å². The maximum atomic E-state index is 12.2. The highest BCUT2D eigenvalue weighted by Gasteiger charge is 2.22. The molecule has 0 aromatic rings. The van der Waals surface area contributed by atoms with Gasteiger partial charge in [0.15, 0.2) is 12.6 Å². The molecule has 2 atom stereocenters. The Bertz CT molecular complexity index is 121. The topological polar surface area (TPSA) is 20.3 Å². The maximum absolute atomic E-state index is 12.2. The van der Waals surface area contributed by atoms with Gasteiger partial charge in [-0.3, -0.25) is 9.69 Å². The van der Waals surface area contributed by atoms with Gasteiger partial charge in [-0.2, -0.15) is 0 Å². The van der Waals surface area contributed by atoms with Crippen LogP contribution in [0, 0.1) is 0 Å². The van der Waals surface area contributed by atoms with Crippen molar-refractivity contribution in [2.24, 2.45) is 0 Å². The van der Waals surface area contributed by atoms with Crippen molar-refractivity contribution in [2.75, 3.05) is 0 Å². The predicted molar refractivity (Wildman–Crippen MR) is 34.2 cm³/mol. The minimum Gasteiger partial charge on any atom is -0.268 e. The first-order valence-electron chi connectivity index (χ1n) is 2.72. The first-order chi connectivity index (χ1) is 4.46. The molecule has 2 nitrogen and oxygen atoms in total. The zero-order chi connectivity index (χ0) is 8.31. The summed E-state index contributed by atoms with van der Waals surface area (Å²) >= 11 is 4.84. The van der Waals surface area contributed by atoms with Gasteiger partial charge in [-0.25, -0.2) is 8.78 Å². The fourth-order valence-electron chi connectivity index (χ4n) is 0.563. The number of alkyl halides is 2. The van der Waals surface area contributed by atoms with Crippen molar-refractivity contribution in [3.63, 3.8) is 0 Å². The van der Waals surface area contributed by atoms with Gasteiger partial charge < -0.3 is 0 Å². The molecular weight excluding hydrogens is 164 g/mol. The van der Waals surface area contributed by atoms with E-state index in [1.54, 1.807) is 0 Å². The Balaban J connectivity index is 4.12. The molecule has 10 heavy (non-hydrogen) atoms. The predicted octanol–water partition coefficient (Wildman–Crippen LogP) is 2.28. The molecule has 0 aromatic heterocycles. The van der Waals surface area contributed by atoms with E-state index in [1.807, 2.05) is 0 Å². The standard InChI is InChI=1S/C5H8ClF2NO/c1-3(7)9(4(2)8)5(6)10/h3-4H,1-2H3. The molecule has 0 aliphatic rings. The lowest BCUT2D eigenvalue weighted by molar-refractivity contribution is 0.0468. The first kappa shape index (κ1) is 9.62. The van der Waals surface area contributed by atoms with Crippen LogP contribution in [-0.4, -0.2) is 22.9 Å². The van der Waals surface area contributed by atoms with Crippen LogP contribution in [0.1, 0.15) is 13.8 Å². The Labute approximate surface area is 62.8 Å². The number of hydrogen-bond donors (Lipinski definition) is 0. The van der Waals surface area contributed by atoms with E-state index in [9.17, 15) is 13.6 Å². The molecule has 2 unspecified atom stereocenters. The molecule has 0 aromatic carbocycles. The van der Waals surface area contributed by atoms with Gasteiger partial charge in [-0.15, -0.1) is 0 Å². The van der Waals surface area contributed by atoms with E-state index in [2.05, 4.69) is 0 Å². The van der Waals surface area contributed by atoms with Gasteiger partial charge in [-0.1, -0.05) is 0 Å². The SMILES string of the molecule is CC(F)N(C(=O)Cl)C(C)F. The van der Waals surface area contributed by atoms with Crippen molar-refractivity contribution < 1.29 is 13.6 Å². The summed E-state index contributed by atoms with van der Waals surface area (Å²) in [5.74, 6) is 0. The Morgan fingerprint density at radius 1 is 1.40 bits per heavy atom. The lowest BCUT2D eigenvalue weighted by atomic mass is 10.5. The summed E-state index contributed by atoms with van der Waals surface area (Å²) < 4.78 is 24.5. The van der Waals surface area contributed by atoms with Gasteiger partial charge in [0.2, 0.25) is 0 Å². The lowest BCUT2D eigenvalue weighted by Crippen LogP contribution is -2.37. The largest absolute Gasteiger partial charge is 0.320 e. The molecule has 60 valence electrons. The first-order valence-corrected chi connectivity index (χ1v) is 3.10. The van der Waals surface area contributed by atoms with Crippen molar-refractivity contribution in [2.45, 2.75) is 26.4 Å². The molecule has 0 fully saturated rings. The molecule has 0 heterocycles. The molecule has 0 N–H and O–H groups in total. The molecule has 5 heteroatoms. The van der Waals surface area contributed by atoms with Gasteiger partial charge in [0.05, 0.1) is 0 Å². The number of carbonyl (C=O) groups excluding carboxylic acids is 1. The summed E-state index contributed by atoms with van der Waals surface area (Å²) in [5.41, 5.74) is 0. The third kappa shape index (κ3) is 2.47. The third-order valence-electron chi connectivity index (χ3n) is 0.970. The Hall–Kier alpha value is -0.380.